The lowest BCUT2D eigenvalue weighted by Gasteiger charge is -2.30. The summed E-state index contributed by atoms with van der Waals surface area (Å²) in [6, 6.07) is 0. The minimum atomic E-state index is -0.548. The van der Waals surface area contributed by atoms with Crippen LogP contribution in [0.15, 0.2) is 11.5 Å². The highest BCUT2D eigenvalue weighted by atomic mass is 32.2. The maximum Gasteiger partial charge on any atom is 0.303 e. The quantitative estimate of drug-likeness (QED) is 0.699. The van der Waals surface area contributed by atoms with E-state index in [9.17, 15) is 4.79 Å². The minimum absolute atomic E-state index is 0.240. The first-order valence-electron chi connectivity index (χ1n) is 5.97. The molecule has 0 saturated heterocycles. The second-order valence-corrected chi connectivity index (χ2v) is 6.30. The molecular weight excluding hydrogens is 220 g/mol. The molecule has 0 aromatic rings. The van der Waals surface area contributed by atoms with E-state index >= 15 is 0 Å². The highest BCUT2D eigenvalue weighted by Crippen LogP contribution is 2.38. The summed E-state index contributed by atoms with van der Waals surface area (Å²) in [6.07, 6.45) is 6.52. The van der Waals surface area contributed by atoms with Crippen LogP contribution < -0.4 is 0 Å². The Kier molecular flexibility index (Phi) is 4.90. The lowest BCUT2D eigenvalue weighted by Crippen LogP contribution is -2.28. The van der Waals surface area contributed by atoms with Crippen LogP contribution in [0.3, 0.4) is 0 Å². The van der Waals surface area contributed by atoms with Crippen molar-refractivity contribution in [1.82, 2.24) is 0 Å². The van der Waals surface area contributed by atoms with Crippen LogP contribution in [0.4, 0.5) is 0 Å². The van der Waals surface area contributed by atoms with Crippen molar-refractivity contribution in [3.05, 3.63) is 11.5 Å². The van der Waals surface area contributed by atoms with E-state index in [-0.39, 0.29) is 5.97 Å². The number of hydrogen-bond donors (Lipinski definition) is 0. The number of ether oxygens (including phenoxy) is 1. The Morgan fingerprint density at radius 2 is 1.88 bits per heavy atom. The molecule has 3 heteroatoms. The summed E-state index contributed by atoms with van der Waals surface area (Å²) >= 11 is 1.80. The van der Waals surface area contributed by atoms with E-state index < -0.39 is 5.60 Å². The molecule has 92 valence electrons. The molecule has 1 fully saturated rings. The van der Waals surface area contributed by atoms with Crippen molar-refractivity contribution >= 4 is 17.7 Å². The van der Waals surface area contributed by atoms with Gasteiger partial charge in [-0.2, -0.15) is 0 Å². The lowest BCUT2D eigenvalue weighted by atomic mass is 10.0. The van der Waals surface area contributed by atoms with Crippen LogP contribution in [0.1, 0.15) is 52.9 Å². The second kappa shape index (κ2) is 5.76. The van der Waals surface area contributed by atoms with Crippen LogP contribution in [0.25, 0.3) is 0 Å². The number of rotatable bonds is 4. The van der Waals surface area contributed by atoms with Gasteiger partial charge in [0.1, 0.15) is 5.60 Å². The molecule has 16 heavy (non-hydrogen) atoms. The van der Waals surface area contributed by atoms with Gasteiger partial charge in [0.15, 0.2) is 0 Å². The lowest BCUT2D eigenvalue weighted by molar-refractivity contribution is -0.149. The fourth-order valence-electron chi connectivity index (χ4n) is 1.94. The van der Waals surface area contributed by atoms with E-state index in [4.69, 9.17) is 4.74 Å². The monoisotopic (exact) mass is 242 g/mol. The summed E-state index contributed by atoms with van der Waals surface area (Å²) in [5.74, 6) is -0.240. The molecule has 0 radical (unpaired) electrons. The zero-order valence-electron chi connectivity index (χ0n) is 10.5. The first-order valence-corrected chi connectivity index (χ1v) is 6.85. The molecule has 0 aromatic carbocycles. The predicted octanol–water partition coefficient (Wildman–Crippen LogP) is 3.91. The van der Waals surface area contributed by atoms with Crippen molar-refractivity contribution in [1.29, 1.82) is 0 Å². The fourth-order valence-corrected chi connectivity index (χ4v) is 3.24. The van der Waals surface area contributed by atoms with Gasteiger partial charge in [0, 0.05) is 17.1 Å². The van der Waals surface area contributed by atoms with Gasteiger partial charge in [-0.25, -0.2) is 0 Å². The van der Waals surface area contributed by atoms with E-state index in [2.05, 4.69) is 6.58 Å². The van der Waals surface area contributed by atoms with Gasteiger partial charge < -0.3 is 4.74 Å². The first-order chi connectivity index (χ1) is 7.42. The Morgan fingerprint density at radius 3 is 2.38 bits per heavy atom. The van der Waals surface area contributed by atoms with Gasteiger partial charge in [-0.3, -0.25) is 4.79 Å². The second-order valence-electron chi connectivity index (χ2n) is 4.91. The van der Waals surface area contributed by atoms with Gasteiger partial charge in [0.25, 0.3) is 0 Å². The molecule has 1 aliphatic rings. The van der Waals surface area contributed by atoms with Crippen LogP contribution in [0.2, 0.25) is 0 Å². The van der Waals surface area contributed by atoms with Crippen LogP contribution in [0, 0.1) is 0 Å². The Labute approximate surface area is 103 Å². The van der Waals surface area contributed by atoms with E-state index in [1.54, 1.807) is 11.8 Å². The number of hydrogen-bond acceptors (Lipinski definition) is 3. The van der Waals surface area contributed by atoms with Gasteiger partial charge >= 0.3 is 5.97 Å². The average molecular weight is 242 g/mol. The summed E-state index contributed by atoms with van der Waals surface area (Å²) in [4.78, 5) is 12.0. The SMILES string of the molecule is C=C(SC1CCCCC1)C(C)(C)OC(C)=O. The Hall–Kier alpha value is -0.440. The molecular formula is C13H22O2S. The Bertz CT molecular complexity index is 265. The summed E-state index contributed by atoms with van der Waals surface area (Å²) in [5.41, 5.74) is -0.548. The Balaban J connectivity index is 2.46. The molecule has 2 nitrogen and oxygen atoms in total. The highest BCUT2D eigenvalue weighted by molar-refractivity contribution is 8.03. The smallest absolute Gasteiger partial charge is 0.303 e. The van der Waals surface area contributed by atoms with Crippen molar-refractivity contribution in [2.75, 3.05) is 0 Å². The van der Waals surface area contributed by atoms with E-state index in [1.165, 1.54) is 39.0 Å². The molecule has 0 atom stereocenters. The average Bonchev–Trinajstić information content (AvgIpc) is 2.17. The molecule has 1 aliphatic carbocycles. The predicted molar refractivity (Wildman–Crippen MR) is 69.4 cm³/mol. The Morgan fingerprint density at radius 1 is 1.31 bits per heavy atom. The topological polar surface area (TPSA) is 26.3 Å². The number of carbonyl (C=O) groups is 1. The fraction of sp³-hybridized carbons (Fsp3) is 0.769. The van der Waals surface area contributed by atoms with E-state index in [0.717, 1.165) is 4.91 Å². The van der Waals surface area contributed by atoms with Gasteiger partial charge in [-0.1, -0.05) is 25.8 Å². The highest BCUT2D eigenvalue weighted by Gasteiger charge is 2.28. The first kappa shape index (κ1) is 13.6. The van der Waals surface area contributed by atoms with Crippen molar-refractivity contribution in [3.63, 3.8) is 0 Å². The third-order valence-electron chi connectivity index (χ3n) is 2.93. The van der Waals surface area contributed by atoms with Crippen molar-refractivity contribution in [2.24, 2.45) is 0 Å². The maximum absolute atomic E-state index is 11.0. The van der Waals surface area contributed by atoms with Crippen LogP contribution in [-0.2, 0) is 9.53 Å². The summed E-state index contributed by atoms with van der Waals surface area (Å²) in [5, 5.41) is 0.663. The number of esters is 1. The number of carbonyl (C=O) groups excluding carboxylic acids is 1. The largest absolute Gasteiger partial charge is 0.454 e. The van der Waals surface area contributed by atoms with Crippen LogP contribution in [0.5, 0.6) is 0 Å². The normalized spacial score (nSPS) is 18.2. The van der Waals surface area contributed by atoms with Crippen molar-refractivity contribution in [2.45, 2.75) is 63.7 Å². The summed E-state index contributed by atoms with van der Waals surface area (Å²) in [6.45, 7) is 9.32. The van der Waals surface area contributed by atoms with E-state index in [1.807, 2.05) is 13.8 Å². The standard InChI is InChI=1S/C13H22O2S/c1-10(13(3,4)15-11(2)14)16-12-8-6-5-7-9-12/h12H,1,5-9H2,2-4H3. The third kappa shape index (κ3) is 4.20. The van der Waals surface area contributed by atoms with Crippen LogP contribution >= 0.6 is 11.8 Å². The summed E-state index contributed by atoms with van der Waals surface area (Å²) in [7, 11) is 0. The molecule has 1 saturated carbocycles. The third-order valence-corrected chi connectivity index (χ3v) is 4.51. The molecule has 0 aliphatic heterocycles. The number of thioether (sulfide) groups is 1. The molecule has 0 N–H and O–H groups in total. The van der Waals surface area contributed by atoms with Crippen molar-refractivity contribution in [3.8, 4) is 0 Å². The molecule has 0 aromatic heterocycles. The molecule has 0 unspecified atom stereocenters. The molecule has 1 rings (SSSR count). The van der Waals surface area contributed by atoms with Gasteiger partial charge in [0.2, 0.25) is 0 Å². The van der Waals surface area contributed by atoms with E-state index in [0.29, 0.717) is 5.25 Å². The molecule has 0 amide bonds. The van der Waals surface area contributed by atoms with Gasteiger partial charge in [-0.15, -0.1) is 11.8 Å². The zero-order chi connectivity index (χ0) is 12.2. The van der Waals surface area contributed by atoms with Gasteiger partial charge in [0.05, 0.1) is 0 Å². The maximum atomic E-state index is 11.0. The molecule has 0 bridgehead atoms. The summed E-state index contributed by atoms with van der Waals surface area (Å²) < 4.78 is 5.28. The molecule has 0 spiro atoms. The minimum Gasteiger partial charge on any atom is -0.454 e. The zero-order valence-corrected chi connectivity index (χ0v) is 11.4. The van der Waals surface area contributed by atoms with Crippen LogP contribution in [-0.4, -0.2) is 16.8 Å². The molecule has 0 heterocycles. The van der Waals surface area contributed by atoms with Crippen molar-refractivity contribution < 1.29 is 9.53 Å². The van der Waals surface area contributed by atoms with Gasteiger partial charge in [-0.05, 0) is 26.7 Å².